The number of benzene rings is 1. The molecule has 0 spiro atoms. The summed E-state index contributed by atoms with van der Waals surface area (Å²) in [6.45, 7) is 3.69. The molecule has 1 aromatic carbocycles. The van der Waals surface area contributed by atoms with Gasteiger partial charge in [0.05, 0.1) is 17.4 Å². The summed E-state index contributed by atoms with van der Waals surface area (Å²) in [4.78, 5) is 25.9. The number of nitrogens with zero attached hydrogens (tertiary/aromatic N) is 1. The number of esters is 1. The molecule has 6 nitrogen and oxygen atoms in total. The van der Waals surface area contributed by atoms with Crippen molar-refractivity contribution in [1.29, 1.82) is 0 Å². The summed E-state index contributed by atoms with van der Waals surface area (Å²) in [5, 5.41) is 15.0. The van der Waals surface area contributed by atoms with Crippen LogP contribution in [0.15, 0.2) is 65.8 Å². The van der Waals surface area contributed by atoms with Crippen molar-refractivity contribution < 1.29 is 19.1 Å². The Morgan fingerprint density at radius 2 is 1.93 bits per heavy atom. The van der Waals surface area contributed by atoms with Gasteiger partial charge in [0.15, 0.2) is 6.20 Å². The normalized spacial score (nSPS) is 11.7. The molecule has 0 radical (unpaired) electrons. The number of pyridine rings is 1. The summed E-state index contributed by atoms with van der Waals surface area (Å²) in [6.07, 6.45) is 1.39. The summed E-state index contributed by atoms with van der Waals surface area (Å²) < 4.78 is 5.86. The van der Waals surface area contributed by atoms with E-state index in [-0.39, 0.29) is 12.5 Å². The van der Waals surface area contributed by atoms with E-state index in [0.29, 0.717) is 15.6 Å². The van der Waals surface area contributed by atoms with Crippen LogP contribution in [0.3, 0.4) is 0 Å². The van der Waals surface area contributed by atoms with Crippen molar-refractivity contribution in [3.05, 3.63) is 71.6 Å². The van der Waals surface area contributed by atoms with Crippen molar-refractivity contribution >= 4 is 40.0 Å². The lowest BCUT2D eigenvalue weighted by atomic mass is 10.1. The molecule has 0 aliphatic heterocycles. The Morgan fingerprint density at radius 1 is 1.21 bits per heavy atom. The average Bonchev–Trinajstić information content (AvgIpc) is 3.14. The zero-order valence-corrected chi connectivity index (χ0v) is 17.6. The average molecular weight is 429 g/mol. The van der Waals surface area contributed by atoms with Crippen molar-refractivity contribution in [3.8, 4) is 10.4 Å². The molecule has 1 amide bonds. The van der Waals surface area contributed by atoms with Crippen LogP contribution in [0.4, 0.5) is 5.00 Å². The number of rotatable bonds is 7. The second kappa shape index (κ2) is 9.58. The Morgan fingerprint density at radius 3 is 2.62 bits per heavy atom. The molecule has 29 heavy (non-hydrogen) atoms. The van der Waals surface area contributed by atoms with Crippen LogP contribution in [0.25, 0.3) is 10.4 Å². The van der Waals surface area contributed by atoms with Crippen molar-refractivity contribution in [3.63, 3.8) is 0 Å². The monoisotopic (exact) mass is 428 g/mol. The van der Waals surface area contributed by atoms with Gasteiger partial charge in [0.25, 0.3) is 5.03 Å². The molecule has 2 aromatic heterocycles. The maximum Gasteiger partial charge on any atom is 0.341 e. The third-order valence-corrected chi connectivity index (χ3v) is 6.20. The number of thioether (sulfide) groups is 1. The third kappa shape index (κ3) is 5.16. The van der Waals surface area contributed by atoms with Crippen LogP contribution in [0.5, 0.6) is 0 Å². The predicted octanol–water partition coefficient (Wildman–Crippen LogP) is 4.34. The highest BCUT2D eigenvalue weighted by Crippen LogP contribution is 2.36. The Kier molecular flexibility index (Phi) is 6.90. The molecule has 2 heterocycles. The van der Waals surface area contributed by atoms with Crippen molar-refractivity contribution in [1.82, 2.24) is 0 Å². The predicted molar refractivity (Wildman–Crippen MR) is 115 cm³/mol. The van der Waals surface area contributed by atoms with E-state index in [2.05, 4.69) is 5.32 Å². The summed E-state index contributed by atoms with van der Waals surface area (Å²) in [5.74, 6) is -0.784. The number of hydrogen-bond donors (Lipinski definition) is 1. The minimum absolute atomic E-state index is 0.243. The first-order valence-electron chi connectivity index (χ1n) is 9.01. The van der Waals surface area contributed by atoms with Gasteiger partial charge in [-0.3, -0.25) is 4.79 Å². The van der Waals surface area contributed by atoms with E-state index < -0.39 is 11.2 Å². The van der Waals surface area contributed by atoms with Crippen molar-refractivity contribution in [2.45, 2.75) is 24.1 Å². The Labute approximate surface area is 177 Å². The number of anilines is 1. The molecule has 1 atom stereocenters. The molecule has 3 rings (SSSR count). The van der Waals surface area contributed by atoms with Crippen molar-refractivity contribution in [2.75, 3.05) is 11.9 Å². The van der Waals surface area contributed by atoms with Gasteiger partial charge in [0, 0.05) is 17.0 Å². The summed E-state index contributed by atoms with van der Waals surface area (Å²) in [7, 11) is 0. The molecule has 3 aromatic rings. The molecule has 0 unspecified atom stereocenters. The lowest BCUT2D eigenvalue weighted by Gasteiger charge is -2.11. The van der Waals surface area contributed by atoms with Gasteiger partial charge in [-0.1, -0.05) is 30.3 Å². The molecule has 0 aliphatic rings. The maximum atomic E-state index is 12.7. The number of carbonyl (C=O) groups excluding carboxylic acids is 2. The van der Waals surface area contributed by atoms with Gasteiger partial charge in [-0.05, 0) is 43.3 Å². The summed E-state index contributed by atoms with van der Waals surface area (Å²) in [6, 6.07) is 16.4. The molecule has 0 aliphatic carbocycles. The molecular weight excluding hydrogens is 408 g/mol. The quantitative estimate of drug-likeness (QED) is 0.262. The molecule has 0 saturated carbocycles. The van der Waals surface area contributed by atoms with Gasteiger partial charge in [0.1, 0.15) is 5.00 Å². The molecule has 0 saturated heterocycles. The zero-order chi connectivity index (χ0) is 20.8. The maximum absolute atomic E-state index is 12.7. The summed E-state index contributed by atoms with van der Waals surface area (Å²) >= 11 is 2.47. The largest absolute Gasteiger partial charge is 0.618 e. The van der Waals surface area contributed by atoms with Crippen molar-refractivity contribution in [2.24, 2.45) is 0 Å². The van der Waals surface area contributed by atoms with Gasteiger partial charge in [-0.2, -0.15) is 4.73 Å². The van der Waals surface area contributed by atoms with Crippen LogP contribution in [0.2, 0.25) is 0 Å². The molecule has 0 fully saturated rings. The van der Waals surface area contributed by atoms with E-state index in [1.165, 1.54) is 17.5 Å². The smallest absolute Gasteiger partial charge is 0.341 e. The Bertz CT molecular complexity index is 1000. The van der Waals surface area contributed by atoms with E-state index in [1.54, 1.807) is 38.1 Å². The first-order chi connectivity index (χ1) is 14.0. The van der Waals surface area contributed by atoms with E-state index >= 15 is 0 Å². The molecule has 1 N–H and O–H groups in total. The number of thiophene rings is 1. The first kappa shape index (κ1) is 20.9. The number of amides is 1. The lowest BCUT2D eigenvalue weighted by molar-refractivity contribution is -0.645. The van der Waals surface area contributed by atoms with E-state index in [4.69, 9.17) is 4.74 Å². The van der Waals surface area contributed by atoms with Crippen LogP contribution in [0.1, 0.15) is 24.2 Å². The molecular formula is C21H20N2O4S2. The van der Waals surface area contributed by atoms with Crippen LogP contribution in [-0.4, -0.2) is 23.7 Å². The van der Waals surface area contributed by atoms with Gasteiger partial charge in [-0.15, -0.1) is 11.3 Å². The van der Waals surface area contributed by atoms with Crippen LogP contribution in [-0.2, 0) is 9.53 Å². The topological polar surface area (TPSA) is 82.3 Å². The second-order valence-corrected chi connectivity index (χ2v) is 8.47. The number of carbonyl (C=O) groups is 2. The lowest BCUT2D eigenvalue weighted by Crippen LogP contribution is -2.30. The fourth-order valence-corrected chi connectivity index (χ4v) is 4.45. The fraction of sp³-hybridized carbons (Fsp3) is 0.190. The highest BCUT2D eigenvalue weighted by atomic mass is 32.2. The van der Waals surface area contributed by atoms with Gasteiger partial charge >= 0.3 is 5.97 Å². The van der Waals surface area contributed by atoms with Gasteiger partial charge < -0.3 is 15.3 Å². The highest BCUT2D eigenvalue weighted by molar-refractivity contribution is 8.00. The Hall–Kier alpha value is -2.84. The molecule has 8 heteroatoms. The van der Waals surface area contributed by atoms with Gasteiger partial charge in [0.2, 0.25) is 5.91 Å². The number of nitrogens with one attached hydrogen (secondary N) is 1. The standard InChI is InChI=1S/C21H20N2O4S2/c1-3-27-21(25)16-13-17(15-9-5-4-6-10-15)29-20(16)22-19(24)14(2)28-18-11-7-8-12-23(18)26/h4-14H,3H2,1-2H3,(H,22,24)/t14-/m0/s1. The zero-order valence-electron chi connectivity index (χ0n) is 16.0. The van der Waals surface area contributed by atoms with Crippen LogP contribution >= 0.6 is 23.1 Å². The van der Waals surface area contributed by atoms with E-state index in [9.17, 15) is 14.8 Å². The Balaban J connectivity index is 1.82. The first-order valence-corrected chi connectivity index (χ1v) is 10.7. The SMILES string of the molecule is CCOC(=O)c1cc(-c2ccccc2)sc1NC(=O)[C@H](C)Sc1cccc[n+]1[O-]. The van der Waals surface area contributed by atoms with Gasteiger partial charge in [-0.25, -0.2) is 4.79 Å². The third-order valence-electron chi connectivity index (χ3n) is 3.98. The minimum atomic E-state index is -0.532. The number of hydrogen-bond acceptors (Lipinski definition) is 6. The number of ether oxygens (including phenoxy) is 1. The molecule has 0 bridgehead atoms. The van der Waals surface area contributed by atoms with Crippen LogP contribution in [0, 0.1) is 5.21 Å². The van der Waals surface area contributed by atoms with E-state index in [0.717, 1.165) is 26.9 Å². The number of aromatic nitrogens is 1. The summed E-state index contributed by atoms with van der Waals surface area (Å²) in [5.41, 5.74) is 1.27. The fourth-order valence-electron chi connectivity index (χ4n) is 2.54. The second-order valence-electron chi connectivity index (χ2n) is 6.05. The molecule has 150 valence electrons. The van der Waals surface area contributed by atoms with E-state index in [1.807, 2.05) is 30.3 Å². The highest BCUT2D eigenvalue weighted by Gasteiger charge is 2.24. The van der Waals surface area contributed by atoms with Crippen LogP contribution < -0.4 is 10.0 Å². The minimum Gasteiger partial charge on any atom is -0.618 e.